The molecule has 0 aromatic heterocycles. The number of allylic oxidation sites excluding steroid dienone is 12. The van der Waals surface area contributed by atoms with E-state index in [0.29, 0.717) is 25.7 Å². The largest absolute Gasteiger partial charge is 0.479 e. The number of unbranched alkanes of at least 4 members (excludes halogenated alkanes) is 26. The highest BCUT2D eigenvalue weighted by Crippen LogP contribution is 2.26. The van der Waals surface area contributed by atoms with Gasteiger partial charge in [-0.2, -0.15) is 0 Å². The van der Waals surface area contributed by atoms with Crippen molar-refractivity contribution in [1.82, 2.24) is 0 Å². The van der Waals surface area contributed by atoms with Crippen molar-refractivity contribution in [2.24, 2.45) is 0 Å². The monoisotopic (exact) mass is 1080 g/mol. The normalized spacial score (nSPS) is 18.5. The van der Waals surface area contributed by atoms with Gasteiger partial charge >= 0.3 is 23.9 Å². The second-order valence-corrected chi connectivity index (χ2v) is 21.0. The van der Waals surface area contributed by atoms with Crippen LogP contribution < -0.4 is 0 Å². The molecule has 0 radical (unpaired) electrons. The molecule has 0 bridgehead atoms. The second kappa shape index (κ2) is 52.8. The van der Waals surface area contributed by atoms with Crippen molar-refractivity contribution in [2.45, 2.75) is 302 Å². The number of aliphatic hydroxyl groups excluding tert-OH is 2. The molecule has 0 aromatic rings. The van der Waals surface area contributed by atoms with Gasteiger partial charge in [-0.25, -0.2) is 4.79 Å². The molecule has 0 amide bonds. The predicted octanol–water partition coefficient (Wildman–Crippen LogP) is 16.1. The number of ether oxygens (including phenoxy) is 5. The van der Waals surface area contributed by atoms with E-state index in [1.54, 1.807) is 0 Å². The van der Waals surface area contributed by atoms with E-state index in [1.807, 2.05) is 12.2 Å². The minimum atomic E-state index is -1.92. The SMILES string of the molecule is CC/C=C\C/C=C\C/C=C\C/C=C\CCC(=O)OC(COC(=O)CCCCCCCCCCCCCCCCC)COC1OC(C(=O)O)C(O)C(O)C1OC(=O)CCCCCCCCCCC/C=C\C/C=C\CCCCC. The Bertz CT molecular complexity index is 1620. The summed E-state index contributed by atoms with van der Waals surface area (Å²) >= 11 is 0. The fourth-order valence-electron chi connectivity index (χ4n) is 9.06. The van der Waals surface area contributed by atoms with Gasteiger partial charge in [0.2, 0.25) is 0 Å². The highest BCUT2D eigenvalue weighted by atomic mass is 16.7. The Hall–Kier alpha value is -3.84. The van der Waals surface area contributed by atoms with Gasteiger partial charge in [0.05, 0.1) is 6.61 Å². The lowest BCUT2D eigenvalue weighted by molar-refractivity contribution is -0.301. The summed E-state index contributed by atoms with van der Waals surface area (Å²) in [5, 5.41) is 31.5. The topological polar surface area (TPSA) is 175 Å². The zero-order valence-corrected chi connectivity index (χ0v) is 48.7. The number of aliphatic carboxylic acids is 1. The maximum absolute atomic E-state index is 13.1. The number of carboxylic acids is 1. The standard InChI is InChI=1S/C65H110O12/c1-4-7-10-13-16-19-22-25-27-28-29-30-32-35-38-41-44-47-50-53-59(68)76-63-61(70)60(69)62(64(71)72)77-65(63)74-55-56(75-58(67)52-49-46-43-40-37-33-24-21-18-15-12-9-6-3)54-73-57(66)51-48-45-42-39-36-34-31-26-23-20-17-14-11-8-5-2/h9,12,16,18-19,21,25,27,33,37,43,46,56,60-63,65,69-70H,4-8,10-11,13-15,17,20,22-24,26,28-32,34-36,38-42,44-45,47-55H2,1-3H3,(H,71,72)/b12-9-,19-16-,21-18-,27-25-,37-33-,46-43-. The summed E-state index contributed by atoms with van der Waals surface area (Å²) in [6.45, 7) is 5.81. The Morgan fingerprint density at radius 3 is 1.32 bits per heavy atom. The van der Waals surface area contributed by atoms with Crippen LogP contribution in [0.1, 0.15) is 265 Å². The molecule has 442 valence electrons. The van der Waals surface area contributed by atoms with E-state index in [4.69, 9.17) is 23.7 Å². The minimum Gasteiger partial charge on any atom is -0.479 e. The molecule has 1 aliphatic rings. The first-order valence-corrected chi connectivity index (χ1v) is 30.9. The molecular weight excluding hydrogens is 973 g/mol. The Labute approximate surface area is 468 Å². The molecule has 77 heavy (non-hydrogen) atoms. The number of rotatable bonds is 52. The number of carbonyl (C=O) groups excluding carboxylic acids is 3. The lowest BCUT2D eigenvalue weighted by Gasteiger charge is -2.40. The average Bonchev–Trinajstić information content (AvgIpc) is 3.42. The molecule has 0 aromatic carbocycles. The molecule has 12 heteroatoms. The van der Waals surface area contributed by atoms with Gasteiger partial charge < -0.3 is 39.0 Å². The first-order valence-electron chi connectivity index (χ1n) is 30.9. The summed E-state index contributed by atoms with van der Waals surface area (Å²) in [5.74, 6) is -3.22. The average molecular weight is 1080 g/mol. The van der Waals surface area contributed by atoms with E-state index in [9.17, 15) is 34.5 Å². The molecule has 1 rings (SSSR count). The molecule has 1 aliphatic heterocycles. The molecular formula is C65H110O12. The molecule has 1 fully saturated rings. The summed E-state index contributed by atoms with van der Waals surface area (Å²) in [6, 6.07) is 0. The van der Waals surface area contributed by atoms with Gasteiger partial charge in [0.25, 0.3) is 0 Å². The Balaban J connectivity index is 2.68. The van der Waals surface area contributed by atoms with Crippen LogP contribution in [0.15, 0.2) is 72.9 Å². The highest BCUT2D eigenvalue weighted by molar-refractivity contribution is 5.74. The third kappa shape index (κ3) is 42.7. The van der Waals surface area contributed by atoms with Crippen molar-refractivity contribution < 1.29 is 58.2 Å². The maximum Gasteiger partial charge on any atom is 0.335 e. The van der Waals surface area contributed by atoms with E-state index >= 15 is 0 Å². The van der Waals surface area contributed by atoms with Gasteiger partial charge in [0.1, 0.15) is 18.8 Å². The fraction of sp³-hybridized carbons (Fsp3) is 0.754. The van der Waals surface area contributed by atoms with Crippen LogP contribution in [0.25, 0.3) is 0 Å². The Kier molecular flexibility index (Phi) is 48.8. The molecule has 1 heterocycles. The van der Waals surface area contributed by atoms with E-state index in [0.717, 1.165) is 77.0 Å². The number of esters is 3. The number of hydrogen-bond donors (Lipinski definition) is 3. The van der Waals surface area contributed by atoms with Crippen molar-refractivity contribution >= 4 is 23.9 Å². The van der Waals surface area contributed by atoms with Gasteiger partial charge in [0, 0.05) is 19.3 Å². The van der Waals surface area contributed by atoms with Crippen LogP contribution in [-0.4, -0.2) is 89.2 Å². The Morgan fingerprint density at radius 1 is 0.442 bits per heavy atom. The van der Waals surface area contributed by atoms with E-state index < -0.39 is 67.3 Å². The third-order valence-corrected chi connectivity index (χ3v) is 13.8. The van der Waals surface area contributed by atoms with Crippen LogP contribution in [-0.2, 0) is 42.9 Å². The predicted molar refractivity (Wildman–Crippen MR) is 312 cm³/mol. The molecule has 0 saturated carbocycles. The first kappa shape index (κ1) is 71.2. The summed E-state index contributed by atoms with van der Waals surface area (Å²) in [6.07, 6.45) is 54.6. The molecule has 6 atom stereocenters. The van der Waals surface area contributed by atoms with Crippen molar-refractivity contribution in [3.8, 4) is 0 Å². The molecule has 6 unspecified atom stereocenters. The molecule has 3 N–H and O–H groups in total. The van der Waals surface area contributed by atoms with Crippen LogP contribution in [0.2, 0.25) is 0 Å². The third-order valence-electron chi connectivity index (χ3n) is 13.8. The lowest BCUT2D eigenvalue weighted by atomic mass is 9.98. The minimum absolute atomic E-state index is 0.0416. The maximum atomic E-state index is 13.1. The van der Waals surface area contributed by atoms with Gasteiger partial charge in [-0.05, 0) is 77.0 Å². The van der Waals surface area contributed by atoms with Gasteiger partial charge in [-0.3, -0.25) is 14.4 Å². The lowest BCUT2D eigenvalue weighted by Crippen LogP contribution is -2.61. The summed E-state index contributed by atoms with van der Waals surface area (Å²) in [7, 11) is 0. The van der Waals surface area contributed by atoms with Crippen LogP contribution in [0.4, 0.5) is 0 Å². The number of carbonyl (C=O) groups is 4. The number of carboxylic acid groups (broad SMARTS) is 1. The highest BCUT2D eigenvalue weighted by Gasteiger charge is 2.50. The molecule has 12 nitrogen and oxygen atoms in total. The van der Waals surface area contributed by atoms with Crippen molar-refractivity contribution in [1.29, 1.82) is 0 Å². The summed E-state index contributed by atoms with van der Waals surface area (Å²) < 4.78 is 28.4. The zero-order valence-electron chi connectivity index (χ0n) is 48.7. The van der Waals surface area contributed by atoms with E-state index in [2.05, 4.69) is 81.5 Å². The van der Waals surface area contributed by atoms with E-state index in [-0.39, 0.29) is 25.9 Å². The van der Waals surface area contributed by atoms with Crippen LogP contribution >= 0.6 is 0 Å². The smallest absolute Gasteiger partial charge is 0.335 e. The quantitative estimate of drug-likeness (QED) is 0.0228. The van der Waals surface area contributed by atoms with Crippen LogP contribution in [0.3, 0.4) is 0 Å². The Morgan fingerprint density at radius 2 is 0.844 bits per heavy atom. The second-order valence-electron chi connectivity index (χ2n) is 21.0. The number of aliphatic hydroxyl groups is 2. The van der Waals surface area contributed by atoms with Gasteiger partial charge in [-0.1, -0.05) is 241 Å². The van der Waals surface area contributed by atoms with Crippen LogP contribution in [0, 0.1) is 0 Å². The molecule has 0 aliphatic carbocycles. The first-order chi connectivity index (χ1) is 37.6. The molecule has 0 spiro atoms. The van der Waals surface area contributed by atoms with Crippen molar-refractivity contribution in [3.05, 3.63) is 72.9 Å². The zero-order chi connectivity index (χ0) is 56.1. The van der Waals surface area contributed by atoms with Gasteiger partial charge in [-0.15, -0.1) is 0 Å². The fourth-order valence-corrected chi connectivity index (χ4v) is 9.06. The van der Waals surface area contributed by atoms with Crippen LogP contribution in [0.5, 0.6) is 0 Å². The summed E-state index contributed by atoms with van der Waals surface area (Å²) in [5.41, 5.74) is 0. The van der Waals surface area contributed by atoms with Crippen molar-refractivity contribution in [3.63, 3.8) is 0 Å². The van der Waals surface area contributed by atoms with Crippen molar-refractivity contribution in [2.75, 3.05) is 13.2 Å². The molecule has 1 saturated heterocycles. The summed E-state index contributed by atoms with van der Waals surface area (Å²) in [4.78, 5) is 51.1. The van der Waals surface area contributed by atoms with Gasteiger partial charge in [0.15, 0.2) is 24.6 Å². The van der Waals surface area contributed by atoms with E-state index in [1.165, 1.54) is 122 Å². The number of hydrogen-bond acceptors (Lipinski definition) is 11.